The SMILES string of the molecule is C(CCNC1CCCC1)CNC1CCCC1. The van der Waals surface area contributed by atoms with E-state index in [1.54, 1.807) is 0 Å². The van der Waals surface area contributed by atoms with Crippen LogP contribution in [-0.2, 0) is 0 Å². The quantitative estimate of drug-likeness (QED) is 0.650. The summed E-state index contributed by atoms with van der Waals surface area (Å²) in [7, 11) is 0. The third-order valence-electron chi connectivity index (χ3n) is 4.18. The first-order valence-electron chi connectivity index (χ1n) is 7.42. The van der Waals surface area contributed by atoms with Gasteiger partial charge < -0.3 is 10.6 Å². The molecule has 2 saturated carbocycles. The van der Waals surface area contributed by atoms with E-state index in [9.17, 15) is 0 Å². The van der Waals surface area contributed by atoms with Gasteiger partial charge in [-0.2, -0.15) is 0 Å². The Morgan fingerprint density at radius 3 is 1.38 bits per heavy atom. The molecule has 16 heavy (non-hydrogen) atoms. The fourth-order valence-electron chi connectivity index (χ4n) is 3.12. The van der Waals surface area contributed by atoms with Gasteiger partial charge in [-0.05, 0) is 51.6 Å². The Hall–Kier alpha value is -0.0800. The highest BCUT2D eigenvalue weighted by molar-refractivity contribution is 4.74. The van der Waals surface area contributed by atoms with Crippen molar-refractivity contribution in [2.45, 2.75) is 76.3 Å². The van der Waals surface area contributed by atoms with Crippen molar-refractivity contribution in [2.75, 3.05) is 13.1 Å². The fourth-order valence-corrected chi connectivity index (χ4v) is 3.12. The topological polar surface area (TPSA) is 24.1 Å². The summed E-state index contributed by atoms with van der Waals surface area (Å²) in [5.74, 6) is 0. The van der Waals surface area contributed by atoms with E-state index in [2.05, 4.69) is 10.6 Å². The molecule has 2 aliphatic rings. The molecule has 0 spiro atoms. The monoisotopic (exact) mass is 224 g/mol. The molecule has 0 heterocycles. The first kappa shape index (κ1) is 12.4. The number of nitrogens with one attached hydrogen (secondary N) is 2. The maximum absolute atomic E-state index is 3.68. The zero-order chi connectivity index (χ0) is 11.1. The average molecular weight is 224 g/mol. The van der Waals surface area contributed by atoms with Crippen LogP contribution in [0.15, 0.2) is 0 Å². The number of rotatable bonds is 7. The standard InChI is InChI=1S/C14H28N2/c1-2-8-13(7-1)15-11-5-6-12-16-14-9-3-4-10-14/h13-16H,1-12H2. The summed E-state index contributed by atoms with van der Waals surface area (Å²) in [6, 6.07) is 1.70. The molecular formula is C14H28N2. The van der Waals surface area contributed by atoms with Gasteiger partial charge in [0.25, 0.3) is 0 Å². The van der Waals surface area contributed by atoms with Crippen molar-refractivity contribution in [3.05, 3.63) is 0 Å². The van der Waals surface area contributed by atoms with Gasteiger partial charge in [0.1, 0.15) is 0 Å². The molecule has 0 atom stereocenters. The Kier molecular flexibility index (Phi) is 5.64. The van der Waals surface area contributed by atoms with Gasteiger partial charge in [-0.25, -0.2) is 0 Å². The Morgan fingerprint density at radius 2 is 1.00 bits per heavy atom. The summed E-state index contributed by atoms with van der Waals surface area (Å²) in [6.45, 7) is 2.47. The molecule has 0 unspecified atom stereocenters. The van der Waals surface area contributed by atoms with Gasteiger partial charge in [0, 0.05) is 12.1 Å². The molecule has 0 bridgehead atoms. The van der Waals surface area contributed by atoms with E-state index in [0.717, 1.165) is 12.1 Å². The largest absolute Gasteiger partial charge is 0.314 e. The summed E-state index contributed by atoms with van der Waals surface area (Å²) in [6.07, 6.45) is 14.1. The van der Waals surface area contributed by atoms with Gasteiger partial charge in [0.05, 0.1) is 0 Å². The van der Waals surface area contributed by atoms with Crippen molar-refractivity contribution in [3.8, 4) is 0 Å². The van der Waals surface area contributed by atoms with Crippen molar-refractivity contribution >= 4 is 0 Å². The Balaban J connectivity index is 1.37. The predicted molar refractivity (Wildman–Crippen MR) is 69.8 cm³/mol. The lowest BCUT2D eigenvalue weighted by Crippen LogP contribution is -2.29. The maximum Gasteiger partial charge on any atom is 0.00670 e. The van der Waals surface area contributed by atoms with E-state index in [1.165, 1.54) is 77.3 Å². The van der Waals surface area contributed by atoms with Crippen LogP contribution in [0.4, 0.5) is 0 Å². The summed E-state index contributed by atoms with van der Waals surface area (Å²) >= 11 is 0. The average Bonchev–Trinajstić information content (AvgIpc) is 2.96. The second-order valence-electron chi connectivity index (χ2n) is 5.58. The smallest absolute Gasteiger partial charge is 0.00670 e. The zero-order valence-electron chi connectivity index (χ0n) is 10.6. The van der Waals surface area contributed by atoms with Gasteiger partial charge in [0.15, 0.2) is 0 Å². The van der Waals surface area contributed by atoms with E-state index < -0.39 is 0 Å². The lowest BCUT2D eigenvalue weighted by atomic mass is 10.2. The molecular weight excluding hydrogens is 196 g/mol. The van der Waals surface area contributed by atoms with Crippen LogP contribution >= 0.6 is 0 Å². The molecule has 2 nitrogen and oxygen atoms in total. The maximum atomic E-state index is 3.68. The number of unbranched alkanes of at least 4 members (excludes halogenated alkanes) is 1. The predicted octanol–water partition coefficient (Wildman–Crippen LogP) is 2.83. The van der Waals surface area contributed by atoms with Crippen LogP contribution in [0.3, 0.4) is 0 Å². The van der Waals surface area contributed by atoms with Gasteiger partial charge in [-0.3, -0.25) is 0 Å². The molecule has 0 aliphatic heterocycles. The molecule has 2 aliphatic carbocycles. The first-order chi connectivity index (χ1) is 7.95. The van der Waals surface area contributed by atoms with E-state index >= 15 is 0 Å². The summed E-state index contributed by atoms with van der Waals surface area (Å²) in [5.41, 5.74) is 0. The lowest BCUT2D eigenvalue weighted by molar-refractivity contribution is 0.477. The van der Waals surface area contributed by atoms with Crippen LogP contribution < -0.4 is 10.6 Å². The van der Waals surface area contributed by atoms with Crippen LogP contribution in [0.5, 0.6) is 0 Å². The molecule has 2 N–H and O–H groups in total. The fraction of sp³-hybridized carbons (Fsp3) is 1.00. The molecule has 0 aromatic carbocycles. The van der Waals surface area contributed by atoms with Crippen molar-refractivity contribution < 1.29 is 0 Å². The molecule has 2 heteroatoms. The van der Waals surface area contributed by atoms with E-state index in [4.69, 9.17) is 0 Å². The third kappa shape index (κ3) is 4.42. The minimum atomic E-state index is 0.850. The van der Waals surface area contributed by atoms with Crippen molar-refractivity contribution in [1.82, 2.24) is 10.6 Å². The minimum Gasteiger partial charge on any atom is -0.314 e. The zero-order valence-corrected chi connectivity index (χ0v) is 10.6. The minimum absolute atomic E-state index is 0.850. The van der Waals surface area contributed by atoms with Crippen molar-refractivity contribution in [3.63, 3.8) is 0 Å². The second kappa shape index (κ2) is 7.29. The van der Waals surface area contributed by atoms with Gasteiger partial charge in [-0.1, -0.05) is 25.7 Å². The van der Waals surface area contributed by atoms with Crippen LogP contribution in [0.2, 0.25) is 0 Å². The highest BCUT2D eigenvalue weighted by Gasteiger charge is 2.14. The Morgan fingerprint density at radius 1 is 0.625 bits per heavy atom. The summed E-state index contributed by atoms with van der Waals surface area (Å²) in [5, 5.41) is 7.36. The summed E-state index contributed by atoms with van der Waals surface area (Å²) in [4.78, 5) is 0. The van der Waals surface area contributed by atoms with Crippen LogP contribution in [0.1, 0.15) is 64.2 Å². The Labute approximate surface area is 101 Å². The van der Waals surface area contributed by atoms with Gasteiger partial charge >= 0.3 is 0 Å². The normalized spacial score (nSPS) is 23.2. The third-order valence-corrected chi connectivity index (χ3v) is 4.18. The summed E-state index contributed by atoms with van der Waals surface area (Å²) < 4.78 is 0. The van der Waals surface area contributed by atoms with Gasteiger partial charge in [0.2, 0.25) is 0 Å². The van der Waals surface area contributed by atoms with Crippen LogP contribution in [0, 0.1) is 0 Å². The highest BCUT2D eigenvalue weighted by atomic mass is 14.9. The number of hydrogen-bond acceptors (Lipinski definition) is 2. The molecule has 94 valence electrons. The van der Waals surface area contributed by atoms with Crippen molar-refractivity contribution in [1.29, 1.82) is 0 Å². The van der Waals surface area contributed by atoms with Crippen LogP contribution in [-0.4, -0.2) is 25.2 Å². The van der Waals surface area contributed by atoms with Gasteiger partial charge in [-0.15, -0.1) is 0 Å². The molecule has 2 rings (SSSR count). The first-order valence-corrected chi connectivity index (χ1v) is 7.42. The van der Waals surface area contributed by atoms with E-state index in [-0.39, 0.29) is 0 Å². The van der Waals surface area contributed by atoms with E-state index in [1.807, 2.05) is 0 Å². The Bertz CT molecular complexity index is 150. The molecule has 0 aromatic heterocycles. The molecule has 0 amide bonds. The second-order valence-corrected chi connectivity index (χ2v) is 5.58. The van der Waals surface area contributed by atoms with E-state index in [0.29, 0.717) is 0 Å². The van der Waals surface area contributed by atoms with Crippen LogP contribution in [0.25, 0.3) is 0 Å². The molecule has 0 aromatic rings. The molecule has 0 radical (unpaired) electrons. The molecule has 0 saturated heterocycles. The lowest BCUT2D eigenvalue weighted by Gasteiger charge is -2.13. The molecule has 2 fully saturated rings. The van der Waals surface area contributed by atoms with Crippen molar-refractivity contribution in [2.24, 2.45) is 0 Å². The number of hydrogen-bond donors (Lipinski definition) is 2. The highest BCUT2D eigenvalue weighted by Crippen LogP contribution is 2.18.